The summed E-state index contributed by atoms with van der Waals surface area (Å²) in [4.78, 5) is 0. The van der Waals surface area contributed by atoms with Gasteiger partial charge in [0.05, 0.1) is 17.3 Å². The van der Waals surface area contributed by atoms with Gasteiger partial charge in [-0.2, -0.15) is 0 Å². The minimum atomic E-state index is -1.41. The van der Waals surface area contributed by atoms with Gasteiger partial charge in [0.1, 0.15) is 24.4 Å². The monoisotopic (exact) mass is 227 g/mol. The Balaban J connectivity index is 4.52. The van der Waals surface area contributed by atoms with E-state index in [1.165, 1.54) is 0 Å². The van der Waals surface area contributed by atoms with Crippen molar-refractivity contribution in [2.75, 3.05) is 34.5 Å². The number of hydrogen-bond acceptors (Lipinski definition) is 6. The summed E-state index contributed by atoms with van der Waals surface area (Å²) < 4.78 is 34.9. The Morgan fingerprint density at radius 1 is 1.20 bits per heavy atom. The minimum absolute atomic E-state index is 0.246. The standard InChI is InChI=1S/C9H20O6/c1-13-5-6(11)9(15-3)8(12)7(4-10)14-2/h6-12H,4-5H2,1-3H3/t6-,7+,8-,9+/m1/s1/i1D,2D,3D. The molecule has 4 atom stereocenters. The highest BCUT2D eigenvalue weighted by Gasteiger charge is 2.32. The van der Waals surface area contributed by atoms with Crippen LogP contribution in [0.4, 0.5) is 0 Å². The molecule has 0 aliphatic heterocycles. The Hall–Kier alpha value is -0.240. The first kappa shape index (κ1) is 9.95. The predicted molar refractivity (Wildman–Crippen MR) is 52.6 cm³/mol. The van der Waals surface area contributed by atoms with Crippen molar-refractivity contribution < 1.29 is 33.6 Å². The third-order valence-electron chi connectivity index (χ3n) is 1.97. The molecule has 0 aliphatic rings. The molecular weight excluding hydrogens is 204 g/mol. The van der Waals surface area contributed by atoms with Crippen molar-refractivity contribution >= 4 is 0 Å². The van der Waals surface area contributed by atoms with Gasteiger partial charge in [0.2, 0.25) is 0 Å². The summed E-state index contributed by atoms with van der Waals surface area (Å²) in [6.07, 6.45) is -4.96. The van der Waals surface area contributed by atoms with Crippen molar-refractivity contribution in [2.24, 2.45) is 0 Å². The van der Waals surface area contributed by atoms with E-state index in [9.17, 15) is 10.2 Å². The Labute approximate surface area is 93.6 Å². The average molecular weight is 227 g/mol. The molecule has 0 aromatic heterocycles. The van der Waals surface area contributed by atoms with Crippen molar-refractivity contribution in [2.45, 2.75) is 24.4 Å². The summed E-state index contributed by atoms with van der Waals surface area (Å²) in [7, 11) is -1.32. The van der Waals surface area contributed by atoms with Crippen molar-refractivity contribution in [3.63, 3.8) is 0 Å². The van der Waals surface area contributed by atoms with E-state index in [1.807, 2.05) is 0 Å². The smallest absolute Gasteiger partial charge is 0.114 e. The number of rotatable bonds is 8. The van der Waals surface area contributed by atoms with Gasteiger partial charge in [0.15, 0.2) is 0 Å². The van der Waals surface area contributed by atoms with E-state index in [0.717, 1.165) is 0 Å². The summed E-state index contributed by atoms with van der Waals surface area (Å²) in [6.45, 7) is -0.797. The lowest BCUT2D eigenvalue weighted by Gasteiger charge is -2.29. The van der Waals surface area contributed by atoms with Crippen molar-refractivity contribution in [1.29, 1.82) is 0 Å². The largest absolute Gasteiger partial charge is 0.394 e. The van der Waals surface area contributed by atoms with Crippen LogP contribution >= 0.6 is 0 Å². The Morgan fingerprint density at radius 2 is 1.93 bits per heavy atom. The average Bonchev–Trinajstić information content (AvgIpc) is 2.38. The summed E-state index contributed by atoms with van der Waals surface area (Å²) in [6, 6.07) is 0. The Morgan fingerprint density at radius 3 is 2.47 bits per heavy atom. The molecule has 6 nitrogen and oxygen atoms in total. The molecule has 0 bridgehead atoms. The van der Waals surface area contributed by atoms with E-state index < -0.39 is 45.2 Å². The maximum Gasteiger partial charge on any atom is 0.114 e. The fraction of sp³-hybridized carbons (Fsp3) is 1.00. The molecule has 3 N–H and O–H groups in total. The second-order valence-corrected chi connectivity index (χ2v) is 2.95. The van der Waals surface area contributed by atoms with Crippen LogP contribution < -0.4 is 0 Å². The first-order chi connectivity index (χ1) is 8.62. The number of aliphatic hydroxyl groups excluding tert-OH is 3. The molecule has 0 heterocycles. The molecule has 92 valence electrons. The molecule has 0 saturated carbocycles. The molecule has 0 spiro atoms. The summed E-state index contributed by atoms with van der Waals surface area (Å²) in [5.41, 5.74) is 0. The molecule has 0 fully saturated rings. The predicted octanol–water partition coefficient (Wildman–Crippen LogP) is -1.62. The van der Waals surface area contributed by atoms with E-state index in [4.69, 9.17) is 18.7 Å². The van der Waals surface area contributed by atoms with Gasteiger partial charge in [0.25, 0.3) is 0 Å². The molecule has 0 aromatic rings. The van der Waals surface area contributed by atoms with E-state index in [1.54, 1.807) is 0 Å². The first-order valence-corrected chi connectivity index (χ1v) is 4.28. The second kappa shape index (κ2) is 7.98. The molecule has 0 radical (unpaired) electrons. The van der Waals surface area contributed by atoms with Gasteiger partial charge < -0.3 is 29.5 Å². The SMILES string of the molecule is [2H]COC[C@@H](O)[C@H](OC[2H])[C@H](O)[C@H](CO)OC[2H]. The van der Waals surface area contributed by atoms with E-state index in [0.29, 0.717) is 0 Å². The highest BCUT2D eigenvalue weighted by Crippen LogP contribution is 2.11. The van der Waals surface area contributed by atoms with E-state index >= 15 is 0 Å². The van der Waals surface area contributed by atoms with E-state index in [-0.39, 0.29) is 13.7 Å². The van der Waals surface area contributed by atoms with Crippen LogP contribution in [0, 0.1) is 0 Å². The third kappa shape index (κ3) is 4.42. The van der Waals surface area contributed by atoms with Gasteiger partial charge in [-0.3, -0.25) is 0 Å². The van der Waals surface area contributed by atoms with Crippen LogP contribution in [0.25, 0.3) is 0 Å². The van der Waals surface area contributed by atoms with Crippen LogP contribution in [0.1, 0.15) is 4.11 Å². The molecule has 0 aliphatic carbocycles. The van der Waals surface area contributed by atoms with Crippen LogP contribution in [0.15, 0.2) is 0 Å². The maximum atomic E-state index is 9.86. The molecule has 0 aromatic carbocycles. The van der Waals surface area contributed by atoms with Gasteiger partial charge in [-0.15, -0.1) is 0 Å². The molecule has 0 amide bonds. The van der Waals surface area contributed by atoms with Crippen LogP contribution in [-0.2, 0) is 14.2 Å². The first-order valence-electron chi connectivity index (χ1n) is 6.40. The van der Waals surface area contributed by atoms with Crippen LogP contribution in [0.2, 0.25) is 0 Å². The van der Waals surface area contributed by atoms with Gasteiger partial charge in [-0.25, -0.2) is 0 Å². The number of hydrogen-bond donors (Lipinski definition) is 3. The topological polar surface area (TPSA) is 88.4 Å². The quantitative estimate of drug-likeness (QED) is 0.462. The molecule has 6 heteroatoms. The Bertz CT molecular complexity index is 199. The zero-order chi connectivity index (χ0) is 14.0. The van der Waals surface area contributed by atoms with Gasteiger partial charge >= 0.3 is 0 Å². The molecule has 0 saturated heterocycles. The lowest BCUT2D eigenvalue weighted by Crippen LogP contribution is -2.49. The van der Waals surface area contributed by atoms with Crippen LogP contribution in [-0.4, -0.2) is 74.2 Å². The molecular formula is C9H20O6. The van der Waals surface area contributed by atoms with Crippen molar-refractivity contribution in [1.82, 2.24) is 0 Å². The molecule has 15 heavy (non-hydrogen) atoms. The maximum absolute atomic E-state index is 9.86. The highest BCUT2D eigenvalue weighted by molar-refractivity contribution is 4.82. The summed E-state index contributed by atoms with van der Waals surface area (Å²) in [5.74, 6) is 0. The lowest BCUT2D eigenvalue weighted by molar-refractivity contribution is -0.146. The van der Waals surface area contributed by atoms with Crippen molar-refractivity contribution in [3.05, 3.63) is 0 Å². The third-order valence-corrected chi connectivity index (χ3v) is 1.97. The molecule has 0 rings (SSSR count). The van der Waals surface area contributed by atoms with Crippen molar-refractivity contribution in [3.8, 4) is 0 Å². The number of ether oxygens (including phenoxy) is 3. The lowest BCUT2D eigenvalue weighted by atomic mass is 10.0. The number of aliphatic hydroxyl groups is 3. The highest BCUT2D eigenvalue weighted by atomic mass is 16.5. The van der Waals surface area contributed by atoms with Gasteiger partial charge in [-0.1, -0.05) is 0 Å². The van der Waals surface area contributed by atoms with Gasteiger partial charge in [0, 0.05) is 21.3 Å². The zero-order valence-electron chi connectivity index (χ0n) is 11.4. The fourth-order valence-corrected chi connectivity index (χ4v) is 1.12. The normalized spacial score (nSPS) is 22.2. The Kier molecular flexibility index (Phi) is 5.29. The molecule has 0 unspecified atom stereocenters. The zero-order valence-corrected chi connectivity index (χ0v) is 8.41. The van der Waals surface area contributed by atoms with Crippen LogP contribution in [0.5, 0.6) is 0 Å². The minimum Gasteiger partial charge on any atom is -0.394 e. The van der Waals surface area contributed by atoms with Crippen LogP contribution in [0.3, 0.4) is 0 Å². The second-order valence-electron chi connectivity index (χ2n) is 2.95. The van der Waals surface area contributed by atoms with E-state index in [2.05, 4.69) is 4.74 Å². The van der Waals surface area contributed by atoms with Gasteiger partial charge in [-0.05, 0) is 0 Å². The fourth-order valence-electron chi connectivity index (χ4n) is 1.12. The summed E-state index contributed by atoms with van der Waals surface area (Å²) >= 11 is 0. The summed E-state index contributed by atoms with van der Waals surface area (Å²) in [5, 5.41) is 28.5. The number of methoxy groups -OCH3 is 3.